The molecule has 1 amide bonds. The molecule has 0 aliphatic carbocycles. The van der Waals surface area contributed by atoms with E-state index in [-0.39, 0.29) is 17.2 Å². The molecule has 1 aromatic heterocycles. The molecule has 1 fully saturated rings. The van der Waals surface area contributed by atoms with E-state index in [9.17, 15) is 4.79 Å². The van der Waals surface area contributed by atoms with Crippen molar-refractivity contribution < 1.29 is 9.53 Å². The Labute approximate surface area is 179 Å². The van der Waals surface area contributed by atoms with E-state index in [1.165, 1.54) is 0 Å². The summed E-state index contributed by atoms with van der Waals surface area (Å²) in [6.07, 6.45) is 1.12. The van der Waals surface area contributed by atoms with Crippen molar-refractivity contribution in [3.63, 3.8) is 0 Å². The number of halogens is 3. The van der Waals surface area contributed by atoms with E-state index in [2.05, 4.69) is 15.3 Å². The van der Waals surface area contributed by atoms with Gasteiger partial charge in [-0.1, -0.05) is 29.3 Å². The zero-order valence-electron chi connectivity index (χ0n) is 15.7. The van der Waals surface area contributed by atoms with Crippen LogP contribution < -0.4 is 10.2 Å². The smallest absolute Gasteiger partial charge is 0.407 e. The van der Waals surface area contributed by atoms with E-state index < -0.39 is 11.7 Å². The highest BCUT2D eigenvalue weighted by Crippen LogP contribution is 2.35. The van der Waals surface area contributed by atoms with Crippen molar-refractivity contribution >= 4 is 46.7 Å². The van der Waals surface area contributed by atoms with Gasteiger partial charge in [-0.15, -0.1) is 0 Å². The molecule has 1 saturated heterocycles. The minimum Gasteiger partial charge on any atom is -0.444 e. The molecule has 0 bridgehead atoms. The Morgan fingerprint density at radius 3 is 2.61 bits per heavy atom. The molecule has 0 saturated carbocycles. The largest absolute Gasteiger partial charge is 0.444 e. The van der Waals surface area contributed by atoms with Crippen molar-refractivity contribution in [3.05, 3.63) is 51.4 Å². The van der Waals surface area contributed by atoms with Crippen LogP contribution in [0, 0.1) is 0 Å². The molecule has 150 valence electrons. The summed E-state index contributed by atoms with van der Waals surface area (Å²) in [5.74, 6) is 0.606. The number of nitrogens with one attached hydrogen (secondary N) is 1. The zero-order valence-corrected chi connectivity index (χ0v) is 18.0. The van der Waals surface area contributed by atoms with Gasteiger partial charge in [-0.2, -0.15) is 0 Å². The Morgan fingerprint density at radius 1 is 1.21 bits per heavy atom. The summed E-state index contributed by atoms with van der Waals surface area (Å²) in [6.45, 7) is 6.59. The Bertz CT molecular complexity index is 872. The van der Waals surface area contributed by atoms with Gasteiger partial charge in [0.25, 0.3) is 0 Å². The number of rotatable bonds is 3. The quantitative estimate of drug-likeness (QED) is 0.681. The Balaban J connectivity index is 1.87. The molecule has 2 unspecified atom stereocenters. The van der Waals surface area contributed by atoms with E-state index in [0.717, 1.165) is 5.56 Å². The highest BCUT2D eigenvalue weighted by atomic mass is 35.5. The van der Waals surface area contributed by atoms with Crippen molar-refractivity contribution in [3.8, 4) is 0 Å². The molecule has 2 aromatic rings. The summed E-state index contributed by atoms with van der Waals surface area (Å²) in [6, 6.07) is 6.92. The first kappa shape index (κ1) is 21.0. The normalized spacial score (nSPS) is 19.6. The summed E-state index contributed by atoms with van der Waals surface area (Å²) >= 11 is 18.4. The van der Waals surface area contributed by atoms with Crippen LogP contribution in [0.4, 0.5) is 10.6 Å². The summed E-state index contributed by atoms with van der Waals surface area (Å²) in [5.41, 5.74) is 0.311. The first-order chi connectivity index (χ1) is 13.1. The minimum atomic E-state index is -0.587. The fraction of sp³-hybridized carbons (Fsp3) is 0.421. The first-order valence-corrected chi connectivity index (χ1v) is 9.94. The zero-order chi connectivity index (χ0) is 20.5. The lowest BCUT2D eigenvalue weighted by molar-refractivity contribution is 0.0505. The van der Waals surface area contributed by atoms with Crippen molar-refractivity contribution in [1.82, 2.24) is 15.3 Å². The highest BCUT2D eigenvalue weighted by molar-refractivity contribution is 6.35. The number of nitrogens with zero attached hydrogens (tertiary/aromatic N) is 3. The van der Waals surface area contributed by atoms with Gasteiger partial charge in [-0.25, -0.2) is 14.8 Å². The molecule has 3 rings (SSSR count). The van der Waals surface area contributed by atoms with Crippen LogP contribution in [-0.2, 0) is 4.74 Å². The standard InChI is InChI=1S/C19H21Cl3N4O2/c1-19(2,3)28-18(27)24-15-10-26(16-6-7-23-17(22)25-16)9-13(15)12-5-4-11(20)8-14(12)21/h4-8,13,15H,9-10H2,1-3H3,(H,24,27). The Kier molecular flexibility index (Phi) is 6.22. The van der Waals surface area contributed by atoms with Crippen LogP contribution in [-0.4, -0.2) is 40.8 Å². The Hall–Kier alpha value is -1.76. The van der Waals surface area contributed by atoms with E-state index in [0.29, 0.717) is 29.0 Å². The topological polar surface area (TPSA) is 67.3 Å². The fourth-order valence-corrected chi connectivity index (χ4v) is 3.91. The number of carbonyl (C=O) groups is 1. The second-order valence-corrected chi connectivity index (χ2v) is 8.80. The highest BCUT2D eigenvalue weighted by Gasteiger charge is 2.37. The molecule has 2 heterocycles. The first-order valence-electron chi connectivity index (χ1n) is 8.80. The number of carbonyl (C=O) groups excluding carboxylic acids is 1. The maximum absolute atomic E-state index is 12.4. The number of aromatic nitrogens is 2. The van der Waals surface area contributed by atoms with Crippen molar-refractivity contribution in [1.29, 1.82) is 0 Å². The number of anilines is 1. The van der Waals surface area contributed by atoms with E-state index >= 15 is 0 Å². The van der Waals surface area contributed by atoms with Gasteiger partial charge in [0, 0.05) is 35.2 Å². The van der Waals surface area contributed by atoms with Crippen LogP contribution in [0.3, 0.4) is 0 Å². The Morgan fingerprint density at radius 2 is 1.96 bits per heavy atom. The monoisotopic (exact) mass is 442 g/mol. The number of hydrogen-bond donors (Lipinski definition) is 1. The van der Waals surface area contributed by atoms with Gasteiger partial charge in [-0.3, -0.25) is 0 Å². The van der Waals surface area contributed by atoms with Gasteiger partial charge in [0.1, 0.15) is 11.4 Å². The molecule has 1 N–H and O–H groups in total. The third-order valence-corrected chi connectivity index (χ3v) is 5.06. The molecular formula is C19H21Cl3N4O2. The number of ether oxygens (including phenoxy) is 1. The molecule has 9 heteroatoms. The van der Waals surface area contributed by atoms with Crippen LogP contribution in [0.5, 0.6) is 0 Å². The molecule has 6 nitrogen and oxygen atoms in total. The van der Waals surface area contributed by atoms with E-state index in [4.69, 9.17) is 39.5 Å². The number of benzene rings is 1. The summed E-state index contributed by atoms with van der Waals surface area (Å²) in [7, 11) is 0. The predicted octanol–water partition coefficient (Wildman–Crippen LogP) is 4.93. The molecule has 1 aliphatic heterocycles. The van der Waals surface area contributed by atoms with Crippen LogP contribution >= 0.6 is 34.8 Å². The van der Waals surface area contributed by atoms with E-state index in [1.807, 2.05) is 31.7 Å². The lowest BCUT2D eigenvalue weighted by Gasteiger charge is -2.24. The lowest BCUT2D eigenvalue weighted by atomic mass is 9.94. The molecule has 1 aromatic carbocycles. The number of amides is 1. The van der Waals surface area contributed by atoms with Crippen molar-refractivity contribution in [2.45, 2.75) is 38.3 Å². The van der Waals surface area contributed by atoms with E-state index in [1.54, 1.807) is 24.4 Å². The van der Waals surface area contributed by atoms with Crippen LogP contribution in [0.25, 0.3) is 0 Å². The van der Waals surface area contributed by atoms with Crippen molar-refractivity contribution in [2.75, 3.05) is 18.0 Å². The molecule has 1 aliphatic rings. The number of alkyl carbamates (subject to hydrolysis) is 1. The second kappa shape index (κ2) is 8.31. The molecule has 2 atom stereocenters. The number of hydrogen-bond acceptors (Lipinski definition) is 5. The van der Waals surface area contributed by atoms with Gasteiger partial charge < -0.3 is 15.0 Å². The SMILES string of the molecule is CC(C)(C)OC(=O)NC1CN(c2ccnc(Cl)n2)CC1c1ccc(Cl)cc1Cl. The van der Waals surface area contributed by atoms with Crippen LogP contribution in [0.2, 0.25) is 15.3 Å². The maximum atomic E-state index is 12.4. The van der Waals surface area contributed by atoms with Gasteiger partial charge in [0.2, 0.25) is 5.28 Å². The minimum absolute atomic E-state index is 0.0778. The molecule has 0 spiro atoms. The maximum Gasteiger partial charge on any atom is 0.407 e. The summed E-state index contributed by atoms with van der Waals surface area (Å²) in [5, 5.41) is 4.25. The second-order valence-electron chi connectivity index (χ2n) is 7.61. The summed E-state index contributed by atoms with van der Waals surface area (Å²) < 4.78 is 5.42. The van der Waals surface area contributed by atoms with Crippen molar-refractivity contribution in [2.24, 2.45) is 0 Å². The van der Waals surface area contributed by atoms with Crippen LogP contribution in [0.15, 0.2) is 30.5 Å². The average Bonchev–Trinajstić information content (AvgIpc) is 2.96. The third kappa shape index (κ3) is 5.19. The van der Waals surface area contributed by atoms with Gasteiger partial charge >= 0.3 is 6.09 Å². The average molecular weight is 444 g/mol. The predicted molar refractivity (Wildman–Crippen MR) is 112 cm³/mol. The van der Waals surface area contributed by atoms with Gasteiger partial charge in [0.05, 0.1) is 6.04 Å². The molecule has 0 radical (unpaired) electrons. The van der Waals surface area contributed by atoms with Gasteiger partial charge in [0.15, 0.2) is 0 Å². The fourth-order valence-electron chi connectivity index (χ4n) is 3.22. The van der Waals surface area contributed by atoms with Crippen LogP contribution in [0.1, 0.15) is 32.3 Å². The third-order valence-electron chi connectivity index (χ3n) is 4.32. The molecule has 28 heavy (non-hydrogen) atoms. The molecular weight excluding hydrogens is 423 g/mol. The summed E-state index contributed by atoms with van der Waals surface area (Å²) in [4.78, 5) is 22.6. The van der Waals surface area contributed by atoms with Gasteiger partial charge in [-0.05, 0) is 56.1 Å². The lowest BCUT2D eigenvalue weighted by Crippen LogP contribution is -2.42.